The number of nitrogens with one attached hydrogen (secondary N) is 1. The Balaban J connectivity index is 1.55. The van der Waals surface area contributed by atoms with Crippen molar-refractivity contribution in [1.82, 2.24) is 10.2 Å². The summed E-state index contributed by atoms with van der Waals surface area (Å²) >= 11 is 0. The Hall–Kier alpha value is -0.340. The highest BCUT2D eigenvalue weighted by molar-refractivity contribution is 4.90. The van der Waals surface area contributed by atoms with Crippen LogP contribution in [0, 0.1) is 11.8 Å². The van der Waals surface area contributed by atoms with Crippen molar-refractivity contribution >= 4 is 0 Å². The van der Waals surface area contributed by atoms with Crippen LogP contribution in [0.1, 0.15) is 25.7 Å². The fourth-order valence-corrected chi connectivity index (χ4v) is 2.94. The summed E-state index contributed by atoms with van der Waals surface area (Å²) in [6.07, 6.45) is 7.30. The number of allylic oxidation sites excluding steroid dienone is 1. The molecule has 0 saturated carbocycles. The zero-order chi connectivity index (χ0) is 10.5. The summed E-state index contributed by atoms with van der Waals surface area (Å²) in [5.41, 5.74) is 0. The van der Waals surface area contributed by atoms with Crippen LogP contribution in [0.2, 0.25) is 0 Å². The van der Waals surface area contributed by atoms with Crippen LogP contribution in [0.4, 0.5) is 0 Å². The minimum Gasteiger partial charge on any atom is -0.316 e. The molecule has 0 radical (unpaired) electrons. The van der Waals surface area contributed by atoms with E-state index in [2.05, 4.69) is 16.8 Å². The summed E-state index contributed by atoms with van der Waals surface area (Å²) in [4.78, 5) is 2.67. The summed E-state index contributed by atoms with van der Waals surface area (Å²) in [5.74, 6) is 1.91. The van der Waals surface area contributed by atoms with Gasteiger partial charge in [0.2, 0.25) is 0 Å². The average Bonchev–Trinajstić information content (AvgIpc) is 2.77. The Bertz CT molecular complexity index is 191. The molecular formula is C13H24N2. The second-order valence-electron chi connectivity index (χ2n) is 5.08. The molecule has 2 fully saturated rings. The van der Waals surface area contributed by atoms with Crippen molar-refractivity contribution in [3.8, 4) is 0 Å². The number of likely N-dealkylation sites (tertiary alicyclic amines) is 1. The van der Waals surface area contributed by atoms with Gasteiger partial charge in [0.15, 0.2) is 0 Å². The second-order valence-corrected chi connectivity index (χ2v) is 5.08. The SMILES string of the molecule is C=CCCCCCN1C[C@H]2CNC[C@H]2C1. The van der Waals surface area contributed by atoms with Crippen LogP contribution in [0.5, 0.6) is 0 Å². The third-order valence-electron chi connectivity index (χ3n) is 3.85. The Kier molecular flexibility index (Phi) is 4.21. The molecule has 1 N–H and O–H groups in total. The van der Waals surface area contributed by atoms with Gasteiger partial charge in [-0.3, -0.25) is 0 Å². The summed E-state index contributed by atoms with van der Waals surface area (Å²) in [7, 11) is 0. The molecule has 2 atom stereocenters. The number of unbranched alkanes of at least 4 members (excludes halogenated alkanes) is 3. The largest absolute Gasteiger partial charge is 0.316 e. The lowest BCUT2D eigenvalue weighted by molar-refractivity contribution is 0.305. The molecule has 2 aliphatic rings. The van der Waals surface area contributed by atoms with E-state index in [1.165, 1.54) is 58.4 Å². The lowest BCUT2D eigenvalue weighted by atomic mass is 10.0. The third-order valence-corrected chi connectivity index (χ3v) is 3.85. The number of rotatable bonds is 6. The van der Waals surface area contributed by atoms with E-state index < -0.39 is 0 Å². The summed E-state index contributed by atoms with van der Waals surface area (Å²) in [6.45, 7) is 10.3. The molecule has 2 heteroatoms. The number of hydrogen-bond donors (Lipinski definition) is 1. The van der Waals surface area contributed by atoms with Gasteiger partial charge in [-0.15, -0.1) is 6.58 Å². The maximum Gasteiger partial charge on any atom is 0.00255 e. The van der Waals surface area contributed by atoms with Crippen molar-refractivity contribution in [3.05, 3.63) is 12.7 Å². The van der Waals surface area contributed by atoms with Crippen LogP contribution in [0.15, 0.2) is 12.7 Å². The average molecular weight is 208 g/mol. The van der Waals surface area contributed by atoms with Crippen molar-refractivity contribution in [2.75, 3.05) is 32.7 Å². The molecule has 15 heavy (non-hydrogen) atoms. The molecule has 2 nitrogen and oxygen atoms in total. The molecule has 2 aliphatic heterocycles. The van der Waals surface area contributed by atoms with E-state index in [4.69, 9.17) is 0 Å². The monoisotopic (exact) mass is 208 g/mol. The van der Waals surface area contributed by atoms with Gasteiger partial charge >= 0.3 is 0 Å². The summed E-state index contributed by atoms with van der Waals surface area (Å²) in [5, 5.41) is 3.49. The van der Waals surface area contributed by atoms with Crippen molar-refractivity contribution in [1.29, 1.82) is 0 Å². The van der Waals surface area contributed by atoms with Gasteiger partial charge in [-0.1, -0.05) is 12.5 Å². The molecule has 0 amide bonds. The molecule has 0 bridgehead atoms. The maximum absolute atomic E-state index is 3.76. The minimum atomic E-state index is 0.957. The lowest BCUT2D eigenvalue weighted by Gasteiger charge is -2.16. The molecule has 0 aromatic carbocycles. The standard InChI is InChI=1S/C13H24N2/c1-2-3-4-5-6-7-15-10-12-8-14-9-13(12)11-15/h2,12-14H,1,3-11H2/t12-,13+. The van der Waals surface area contributed by atoms with Crippen LogP contribution in [-0.2, 0) is 0 Å². The van der Waals surface area contributed by atoms with Gasteiger partial charge < -0.3 is 10.2 Å². The van der Waals surface area contributed by atoms with Crippen molar-refractivity contribution < 1.29 is 0 Å². The highest BCUT2D eigenvalue weighted by Crippen LogP contribution is 2.26. The number of hydrogen-bond acceptors (Lipinski definition) is 2. The third kappa shape index (κ3) is 3.05. The van der Waals surface area contributed by atoms with Crippen LogP contribution < -0.4 is 5.32 Å². The molecule has 0 aromatic heterocycles. The molecule has 0 spiro atoms. The Morgan fingerprint density at radius 2 is 1.87 bits per heavy atom. The van der Waals surface area contributed by atoms with Gasteiger partial charge in [0.05, 0.1) is 0 Å². The first-order valence-electron chi connectivity index (χ1n) is 6.44. The topological polar surface area (TPSA) is 15.3 Å². The zero-order valence-electron chi connectivity index (χ0n) is 9.75. The Morgan fingerprint density at radius 3 is 2.53 bits per heavy atom. The molecule has 2 rings (SSSR count). The highest BCUT2D eigenvalue weighted by atomic mass is 15.2. The normalized spacial score (nSPS) is 30.7. The zero-order valence-corrected chi connectivity index (χ0v) is 9.75. The Morgan fingerprint density at radius 1 is 1.13 bits per heavy atom. The fourth-order valence-electron chi connectivity index (χ4n) is 2.94. The van der Waals surface area contributed by atoms with Crippen LogP contribution in [0.25, 0.3) is 0 Å². The fraction of sp³-hybridized carbons (Fsp3) is 0.846. The summed E-state index contributed by atoms with van der Waals surface area (Å²) in [6, 6.07) is 0. The first-order valence-corrected chi connectivity index (χ1v) is 6.44. The molecule has 86 valence electrons. The minimum absolute atomic E-state index is 0.957. The molecule has 2 heterocycles. The lowest BCUT2D eigenvalue weighted by Crippen LogP contribution is -2.26. The van der Waals surface area contributed by atoms with E-state index in [9.17, 15) is 0 Å². The molecule has 0 aromatic rings. The van der Waals surface area contributed by atoms with Gasteiger partial charge in [0.25, 0.3) is 0 Å². The van der Waals surface area contributed by atoms with Crippen molar-refractivity contribution in [3.63, 3.8) is 0 Å². The number of nitrogens with zero attached hydrogens (tertiary/aromatic N) is 1. The van der Waals surface area contributed by atoms with Gasteiger partial charge in [-0.05, 0) is 50.7 Å². The highest BCUT2D eigenvalue weighted by Gasteiger charge is 2.35. The molecular weight excluding hydrogens is 184 g/mol. The molecule has 2 saturated heterocycles. The predicted octanol–water partition coefficient (Wildman–Crippen LogP) is 1.88. The number of fused-ring (bicyclic) bond motifs is 1. The quantitative estimate of drug-likeness (QED) is 0.529. The molecule has 0 unspecified atom stereocenters. The predicted molar refractivity (Wildman–Crippen MR) is 65.0 cm³/mol. The van der Waals surface area contributed by atoms with Crippen molar-refractivity contribution in [2.24, 2.45) is 11.8 Å². The van der Waals surface area contributed by atoms with E-state index in [0.29, 0.717) is 0 Å². The van der Waals surface area contributed by atoms with Gasteiger partial charge in [-0.2, -0.15) is 0 Å². The van der Waals surface area contributed by atoms with E-state index in [0.717, 1.165) is 11.8 Å². The van der Waals surface area contributed by atoms with E-state index in [-0.39, 0.29) is 0 Å². The smallest absolute Gasteiger partial charge is 0.00255 e. The first kappa shape index (κ1) is 11.2. The summed E-state index contributed by atoms with van der Waals surface area (Å²) < 4.78 is 0. The van der Waals surface area contributed by atoms with E-state index in [1.807, 2.05) is 6.08 Å². The van der Waals surface area contributed by atoms with Gasteiger partial charge in [0.1, 0.15) is 0 Å². The Labute approximate surface area is 93.7 Å². The van der Waals surface area contributed by atoms with E-state index >= 15 is 0 Å². The van der Waals surface area contributed by atoms with Crippen LogP contribution in [0.3, 0.4) is 0 Å². The van der Waals surface area contributed by atoms with Crippen LogP contribution in [-0.4, -0.2) is 37.6 Å². The molecule has 0 aliphatic carbocycles. The first-order chi connectivity index (χ1) is 7.40. The van der Waals surface area contributed by atoms with E-state index in [1.54, 1.807) is 0 Å². The van der Waals surface area contributed by atoms with Crippen molar-refractivity contribution in [2.45, 2.75) is 25.7 Å². The second kappa shape index (κ2) is 5.66. The van der Waals surface area contributed by atoms with Gasteiger partial charge in [0, 0.05) is 13.1 Å². The maximum atomic E-state index is 3.76. The van der Waals surface area contributed by atoms with Gasteiger partial charge in [-0.25, -0.2) is 0 Å². The van der Waals surface area contributed by atoms with Crippen LogP contribution >= 0.6 is 0 Å².